The zero-order chi connectivity index (χ0) is 12.3. The van der Waals surface area contributed by atoms with Crippen molar-refractivity contribution in [2.45, 2.75) is 27.3 Å². The predicted octanol–water partition coefficient (Wildman–Crippen LogP) is 1.20. The fourth-order valence-electron chi connectivity index (χ4n) is 1.30. The summed E-state index contributed by atoms with van der Waals surface area (Å²) in [6.07, 6.45) is 1.73. The average molecular weight is 230 g/mol. The second-order valence-corrected chi connectivity index (χ2v) is 3.75. The Morgan fingerprint density at radius 2 is 1.88 bits per heavy atom. The highest BCUT2D eigenvalue weighted by atomic mass is 15.2. The van der Waals surface area contributed by atoms with Gasteiger partial charge in [0.2, 0.25) is 5.95 Å². The molecular formula is C11H14N6. The van der Waals surface area contributed by atoms with Crippen molar-refractivity contribution >= 4 is 5.95 Å². The van der Waals surface area contributed by atoms with Crippen molar-refractivity contribution in [3.05, 3.63) is 35.2 Å². The first-order valence-electron chi connectivity index (χ1n) is 5.35. The molecule has 0 saturated heterocycles. The van der Waals surface area contributed by atoms with E-state index in [9.17, 15) is 0 Å². The van der Waals surface area contributed by atoms with Crippen LogP contribution in [-0.4, -0.2) is 25.1 Å². The molecule has 0 atom stereocenters. The third-order valence-corrected chi connectivity index (χ3v) is 2.35. The topological polar surface area (TPSA) is 76.5 Å². The molecule has 6 heteroatoms. The third kappa shape index (κ3) is 2.93. The Morgan fingerprint density at radius 3 is 2.59 bits per heavy atom. The number of anilines is 1. The van der Waals surface area contributed by atoms with Crippen molar-refractivity contribution < 1.29 is 0 Å². The highest BCUT2D eigenvalue weighted by molar-refractivity contribution is 5.25. The van der Waals surface area contributed by atoms with Gasteiger partial charge in [0.15, 0.2) is 0 Å². The van der Waals surface area contributed by atoms with Gasteiger partial charge in [-0.15, -0.1) is 5.10 Å². The minimum absolute atomic E-state index is 0.518. The summed E-state index contributed by atoms with van der Waals surface area (Å²) in [5.74, 6) is 1.27. The molecule has 17 heavy (non-hydrogen) atoms. The number of nitrogens with one attached hydrogen (secondary N) is 1. The lowest BCUT2D eigenvalue weighted by Crippen LogP contribution is -2.08. The second kappa shape index (κ2) is 4.82. The zero-order valence-electron chi connectivity index (χ0n) is 10.1. The van der Waals surface area contributed by atoms with E-state index in [4.69, 9.17) is 0 Å². The molecule has 2 aromatic rings. The Kier molecular flexibility index (Phi) is 3.22. The Bertz CT molecular complexity index is 525. The second-order valence-electron chi connectivity index (χ2n) is 3.75. The molecule has 0 unspecified atom stereocenters. The number of rotatable bonds is 3. The molecule has 2 rings (SSSR count). The largest absolute Gasteiger partial charge is 0.347 e. The first kappa shape index (κ1) is 11.4. The average Bonchev–Trinajstić information content (AvgIpc) is 2.31. The summed E-state index contributed by atoms with van der Waals surface area (Å²) < 4.78 is 0. The third-order valence-electron chi connectivity index (χ3n) is 2.35. The molecule has 0 aliphatic rings. The Hall–Kier alpha value is -2.11. The number of aromatic nitrogens is 5. The van der Waals surface area contributed by atoms with Crippen molar-refractivity contribution in [2.75, 3.05) is 5.32 Å². The van der Waals surface area contributed by atoms with E-state index < -0.39 is 0 Å². The van der Waals surface area contributed by atoms with E-state index >= 15 is 0 Å². The zero-order valence-corrected chi connectivity index (χ0v) is 10.1. The van der Waals surface area contributed by atoms with Gasteiger partial charge < -0.3 is 5.32 Å². The van der Waals surface area contributed by atoms with Gasteiger partial charge in [-0.25, -0.2) is 15.0 Å². The maximum Gasteiger partial charge on any atom is 0.243 e. The van der Waals surface area contributed by atoms with Crippen molar-refractivity contribution in [3.63, 3.8) is 0 Å². The Balaban J connectivity index is 2.05. The van der Waals surface area contributed by atoms with Crippen molar-refractivity contribution in [3.8, 4) is 0 Å². The lowest BCUT2D eigenvalue weighted by molar-refractivity contribution is 0.872. The molecule has 0 saturated carbocycles. The summed E-state index contributed by atoms with van der Waals surface area (Å²) in [7, 11) is 0. The SMILES string of the molecule is Cc1nccc(CNc2nnc(C)c(C)n2)n1. The minimum Gasteiger partial charge on any atom is -0.347 e. The maximum atomic E-state index is 4.28. The van der Waals surface area contributed by atoms with E-state index in [0.717, 1.165) is 22.9 Å². The molecule has 1 N–H and O–H groups in total. The fourth-order valence-corrected chi connectivity index (χ4v) is 1.30. The number of aryl methyl sites for hydroxylation is 3. The quantitative estimate of drug-likeness (QED) is 0.853. The highest BCUT2D eigenvalue weighted by Gasteiger charge is 2.01. The molecule has 0 aliphatic heterocycles. The van der Waals surface area contributed by atoms with Crippen LogP contribution in [0.15, 0.2) is 12.3 Å². The summed E-state index contributed by atoms with van der Waals surface area (Å²) in [5.41, 5.74) is 2.62. The molecule has 0 amide bonds. The summed E-state index contributed by atoms with van der Waals surface area (Å²) in [6.45, 7) is 6.21. The maximum absolute atomic E-state index is 4.28. The molecule has 0 bridgehead atoms. The van der Waals surface area contributed by atoms with E-state index in [0.29, 0.717) is 12.5 Å². The van der Waals surface area contributed by atoms with Crippen molar-refractivity contribution in [1.29, 1.82) is 0 Å². The van der Waals surface area contributed by atoms with Gasteiger partial charge in [0.25, 0.3) is 0 Å². The lowest BCUT2D eigenvalue weighted by Gasteiger charge is -2.05. The summed E-state index contributed by atoms with van der Waals surface area (Å²) in [6, 6.07) is 1.86. The molecule has 0 radical (unpaired) electrons. The van der Waals surface area contributed by atoms with Crippen LogP contribution in [0.5, 0.6) is 0 Å². The summed E-state index contributed by atoms with van der Waals surface area (Å²) in [4.78, 5) is 12.6. The normalized spacial score (nSPS) is 10.3. The monoisotopic (exact) mass is 230 g/mol. The van der Waals surface area contributed by atoms with E-state index in [1.807, 2.05) is 26.8 Å². The minimum atomic E-state index is 0.518. The van der Waals surface area contributed by atoms with E-state index in [1.165, 1.54) is 0 Å². The molecule has 2 heterocycles. The van der Waals surface area contributed by atoms with Crippen LogP contribution in [0.3, 0.4) is 0 Å². The molecule has 0 spiro atoms. The number of hydrogen-bond acceptors (Lipinski definition) is 6. The first-order chi connectivity index (χ1) is 8.15. The molecule has 6 nitrogen and oxygen atoms in total. The van der Waals surface area contributed by atoms with Crippen LogP contribution >= 0.6 is 0 Å². The van der Waals surface area contributed by atoms with Gasteiger partial charge in [0, 0.05) is 6.20 Å². The van der Waals surface area contributed by atoms with Crippen LogP contribution in [-0.2, 0) is 6.54 Å². The van der Waals surface area contributed by atoms with Gasteiger partial charge in [0.1, 0.15) is 5.82 Å². The van der Waals surface area contributed by atoms with Gasteiger partial charge in [-0.3, -0.25) is 0 Å². The van der Waals surface area contributed by atoms with E-state index in [-0.39, 0.29) is 0 Å². The summed E-state index contributed by atoms with van der Waals surface area (Å²) in [5, 5.41) is 11.0. The smallest absolute Gasteiger partial charge is 0.243 e. The van der Waals surface area contributed by atoms with Gasteiger partial charge in [-0.05, 0) is 26.8 Å². The molecular weight excluding hydrogens is 216 g/mol. The van der Waals surface area contributed by atoms with Crippen LogP contribution < -0.4 is 5.32 Å². The number of nitrogens with zero attached hydrogens (tertiary/aromatic N) is 5. The number of hydrogen-bond donors (Lipinski definition) is 1. The van der Waals surface area contributed by atoms with Gasteiger partial charge >= 0.3 is 0 Å². The van der Waals surface area contributed by atoms with Gasteiger partial charge in [-0.2, -0.15) is 5.10 Å². The first-order valence-corrected chi connectivity index (χ1v) is 5.35. The highest BCUT2D eigenvalue weighted by Crippen LogP contribution is 2.03. The van der Waals surface area contributed by atoms with Gasteiger partial charge in [-0.1, -0.05) is 0 Å². The fraction of sp³-hybridized carbons (Fsp3) is 0.364. The molecule has 0 aromatic carbocycles. The van der Waals surface area contributed by atoms with Crippen LogP contribution in [0.25, 0.3) is 0 Å². The van der Waals surface area contributed by atoms with Crippen molar-refractivity contribution in [2.24, 2.45) is 0 Å². The Morgan fingerprint density at radius 1 is 1.06 bits per heavy atom. The molecule has 2 aromatic heterocycles. The predicted molar refractivity (Wildman–Crippen MR) is 63.4 cm³/mol. The Labute approximate surface area is 99.6 Å². The molecule has 0 fully saturated rings. The van der Waals surface area contributed by atoms with Crippen molar-refractivity contribution in [1.82, 2.24) is 25.1 Å². The summed E-state index contributed by atoms with van der Waals surface area (Å²) >= 11 is 0. The molecule has 88 valence electrons. The van der Waals surface area contributed by atoms with E-state index in [2.05, 4.69) is 30.5 Å². The van der Waals surface area contributed by atoms with Crippen LogP contribution in [0.4, 0.5) is 5.95 Å². The van der Waals surface area contributed by atoms with Gasteiger partial charge in [0.05, 0.1) is 23.6 Å². The van der Waals surface area contributed by atoms with E-state index in [1.54, 1.807) is 6.20 Å². The van der Waals surface area contributed by atoms with Crippen LogP contribution in [0.2, 0.25) is 0 Å². The lowest BCUT2D eigenvalue weighted by atomic mass is 10.4. The van der Waals surface area contributed by atoms with Crippen LogP contribution in [0, 0.1) is 20.8 Å². The van der Waals surface area contributed by atoms with Crippen LogP contribution in [0.1, 0.15) is 22.9 Å². The molecule has 0 aliphatic carbocycles. The standard InChI is InChI=1S/C11H14N6/c1-7-8(2)16-17-11(14-7)13-6-10-4-5-12-9(3)15-10/h4-5H,6H2,1-3H3,(H,13,14,17).